The van der Waals surface area contributed by atoms with Crippen LogP contribution >= 0.6 is 12.2 Å². The average Bonchev–Trinajstić information content (AvgIpc) is 2.34. The fraction of sp³-hybridized carbons (Fsp3) is 0.750. The lowest BCUT2D eigenvalue weighted by Crippen LogP contribution is -2.45. The summed E-state index contributed by atoms with van der Waals surface area (Å²) in [4.78, 5) is 25.2. The minimum atomic E-state index is -0.554. The van der Waals surface area contributed by atoms with Gasteiger partial charge in [-0.25, -0.2) is 0 Å². The van der Waals surface area contributed by atoms with Gasteiger partial charge in [-0.2, -0.15) is 0 Å². The van der Waals surface area contributed by atoms with Crippen LogP contribution in [0.5, 0.6) is 0 Å². The maximum absolute atomic E-state index is 12.3. The Kier molecular flexibility index (Phi) is 9.07. The molecule has 6 nitrogen and oxygen atoms in total. The molecule has 19 heavy (non-hydrogen) atoms. The van der Waals surface area contributed by atoms with Crippen molar-refractivity contribution >= 4 is 29.1 Å². The topological polar surface area (TPSA) is 81.9 Å². The van der Waals surface area contributed by atoms with Crippen molar-refractivity contribution < 1.29 is 19.1 Å². The molecule has 0 spiro atoms. The van der Waals surface area contributed by atoms with Crippen molar-refractivity contribution in [2.45, 2.75) is 20.3 Å². The number of nitrogens with zero attached hydrogens (tertiary/aromatic N) is 1. The summed E-state index contributed by atoms with van der Waals surface area (Å²) in [5.74, 6) is -1.27. The lowest BCUT2D eigenvalue weighted by atomic mass is 10.1. The standard InChI is InChI=1S/C12H22N2O4S/c1-4-9(11(13)19)12(16)14(6-7-17-3)8-10(15)18-5-2/h9H,4-8H2,1-3H3,(H2,13,19). The van der Waals surface area contributed by atoms with E-state index in [-0.39, 0.29) is 24.0 Å². The van der Waals surface area contributed by atoms with Gasteiger partial charge in [0.05, 0.1) is 24.1 Å². The van der Waals surface area contributed by atoms with Crippen LogP contribution in [0, 0.1) is 5.92 Å². The van der Waals surface area contributed by atoms with E-state index in [1.807, 2.05) is 6.92 Å². The van der Waals surface area contributed by atoms with E-state index in [0.717, 1.165) is 0 Å². The summed E-state index contributed by atoms with van der Waals surface area (Å²) in [6.45, 7) is 4.32. The van der Waals surface area contributed by atoms with Crippen LogP contribution < -0.4 is 5.73 Å². The first-order valence-corrected chi connectivity index (χ1v) is 6.61. The molecule has 1 unspecified atom stereocenters. The smallest absolute Gasteiger partial charge is 0.325 e. The largest absolute Gasteiger partial charge is 0.465 e. The third-order valence-electron chi connectivity index (χ3n) is 2.55. The highest BCUT2D eigenvalue weighted by Crippen LogP contribution is 2.09. The number of nitrogens with two attached hydrogens (primary N) is 1. The van der Waals surface area contributed by atoms with Gasteiger partial charge in [0.2, 0.25) is 5.91 Å². The third-order valence-corrected chi connectivity index (χ3v) is 2.84. The van der Waals surface area contributed by atoms with Gasteiger partial charge in [0, 0.05) is 13.7 Å². The van der Waals surface area contributed by atoms with Crippen LogP contribution in [0.3, 0.4) is 0 Å². The number of hydrogen-bond donors (Lipinski definition) is 1. The Balaban J connectivity index is 4.76. The van der Waals surface area contributed by atoms with Gasteiger partial charge in [-0.15, -0.1) is 0 Å². The number of carbonyl (C=O) groups is 2. The van der Waals surface area contributed by atoms with Crippen LogP contribution in [0.1, 0.15) is 20.3 Å². The Morgan fingerprint density at radius 1 is 1.37 bits per heavy atom. The summed E-state index contributed by atoms with van der Waals surface area (Å²) in [6.07, 6.45) is 0.500. The first-order valence-electron chi connectivity index (χ1n) is 6.20. The third kappa shape index (κ3) is 6.49. The number of ether oxygens (including phenoxy) is 2. The van der Waals surface area contributed by atoms with E-state index in [0.29, 0.717) is 19.6 Å². The lowest BCUT2D eigenvalue weighted by molar-refractivity contribution is -0.150. The fourth-order valence-electron chi connectivity index (χ4n) is 1.55. The van der Waals surface area contributed by atoms with Crippen molar-refractivity contribution in [2.75, 3.05) is 33.4 Å². The molecule has 7 heteroatoms. The second kappa shape index (κ2) is 9.69. The predicted molar refractivity (Wildman–Crippen MR) is 75.7 cm³/mol. The summed E-state index contributed by atoms with van der Waals surface area (Å²) >= 11 is 4.87. The summed E-state index contributed by atoms with van der Waals surface area (Å²) in [6, 6.07) is 0. The van der Waals surface area contributed by atoms with E-state index >= 15 is 0 Å². The number of carbonyl (C=O) groups excluding carboxylic acids is 2. The van der Waals surface area contributed by atoms with Crippen molar-refractivity contribution in [3.05, 3.63) is 0 Å². The van der Waals surface area contributed by atoms with E-state index in [1.165, 1.54) is 12.0 Å². The molecule has 0 saturated heterocycles. The Morgan fingerprint density at radius 3 is 2.42 bits per heavy atom. The Hall–Kier alpha value is -1.21. The van der Waals surface area contributed by atoms with Gasteiger partial charge in [0.25, 0.3) is 0 Å². The SMILES string of the molecule is CCOC(=O)CN(CCOC)C(=O)C(CC)C(N)=S. The average molecular weight is 290 g/mol. The zero-order valence-corrected chi connectivity index (χ0v) is 12.5. The van der Waals surface area contributed by atoms with E-state index in [2.05, 4.69) is 0 Å². The molecule has 0 aromatic rings. The van der Waals surface area contributed by atoms with Crippen molar-refractivity contribution in [3.63, 3.8) is 0 Å². The van der Waals surface area contributed by atoms with Crippen LogP contribution in [-0.2, 0) is 19.1 Å². The van der Waals surface area contributed by atoms with Gasteiger partial charge in [0.1, 0.15) is 6.54 Å². The molecule has 1 atom stereocenters. The van der Waals surface area contributed by atoms with E-state index < -0.39 is 11.9 Å². The summed E-state index contributed by atoms with van der Waals surface area (Å²) in [7, 11) is 1.53. The molecule has 2 N–H and O–H groups in total. The number of rotatable bonds is 9. The van der Waals surface area contributed by atoms with Crippen molar-refractivity contribution in [3.8, 4) is 0 Å². The van der Waals surface area contributed by atoms with Crippen LogP contribution in [0.4, 0.5) is 0 Å². The molecule has 0 aliphatic rings. The molecule has 0 aromatic heterocycles. The van der Waals surface area contributed by atoms with Crippen LogP contribution in [0.15, 0.2) is 0 Å². The highest BCUT2D eigenvalue weighted by molar-refractivity contribution is 7.80. The van der Waals surface area contributed by atoms with Crippen molar-refractivity contribution in [2.24, 2.45) is 11.7 Å². The predicted octanol–water partition coefficient (Wildman–Crippen LogP) is 0.337. The van der Waals surface area contributed by atoms with E-state index in [4.69, 9.17) is 27.4 Å². The number of amides is 1. The highest BCUT2D eigenvalue weighted by Gasteiger charge is 2.26. The molecule has 0 rings (SSSR count). The zero-order valence-electron chi connectivity index (χ0n) is 11.7. The Bertz CT molecular complexity index is 323. The molecule has 0 fully saturated rings. The number of hydrogen-bond acceptors (Lipinski definition) is 5. The second-order valence-corrected chi connectivity index (χ2v) is 4.39. The molecule has 1 amide bonds. The van der Waals surface area contributed by atoms with Crippen LogP contribution in [0.2, 0.25) is 0 Å². The fourth-order valence-corrected chi connectivity index (χ4v) is 1.82. The Morgan fingerprint density at radius 2 is 2.00 bits per heavy atom. The minimum absolute atomic E-state index is 0.116. The second-order valence-electron chi connectivity index (χ2n) is 3.92. The van der Waals surface area contributed by atoms with Gasteiger partial charge in [-0.1, -0.05) is 19.1 Å². The highest BCUT2D eigenvalue weighted by atomic mass is 32.1. The van der Waals surface area contributed by atoms with Gasteiger partial charge in [-0.3, -0.25) is 9.59 Å². The van der Waals surface area contributed by atoms with Gasteiger partial charge in [-0.05, 0) is 13.3 Å². The zero-order chi connectivity index (χ0) is 14.8. The number of thiocarbonyl (C=S) groups is 1. The van der Waals surface area contributed by atoms with Gasteiger partial charge >= 0.3 is 5.97 Å². The molecule has 0 radical (unpaired) electrons. The van der Waals surface area contributed by atoms with Crippen molar-refractivity contribution in [1.29, 1.82) is 0 Å². The van der Waals surface area contributed by atoms with Gasteiger partial charge in [0.15, 0.2) is 0 Å². The van der Waals surface area contributed by atoms with Crippen LogP contribution in [-0.4, -0.2) is 55.2 Å². The molecule has 0 aliphatic heterocycles. The molecule has 110 valence electrons. The lowest BCUT2D eigenvalue weighted by Gasteiger charge is -2.25. The maximum atomic E-state index is 12.3. The molecular formula is C12H22N2O4S. The van der Waals surface area contributed by atoms with E-state index in [9.17, 15) is 9.59 Å². The van der Waals surface area contributed by atoms with Crippen LogP contribution in [0.25, 0.3) is 0 Å². The van der Waals surface area contributed by atoms with Crippen molar-refractivity contribution in [1.82, 2.24) is 4.90 Å². The summed E-state index contributed by atoms with van der Waals surface area (Å²) in [5.41, 5.74) is 5.54. The number of methoxy groups -OCH3 is 1. The molecule has 0 bridgehead atoms. The maximum Gasteiger partial charge on any atom is 0.325 e. The van der Waals surface area contributed by atoms with Gasteiger partial charge < -0.3 is 20.1 Å². The summed E-state index contributed by atoms with van der Waals surface area (Å²) in [5, 5.41) is 0. The molecule has 0 saturated carbocycles. The first kappa shape index (κ1) is 17.8. The van der Waals surface area contributed by atoms with E-state index in [1.54, 1.807) is 6.92 Å². The molecule has 0 heterocycles. The first-order chi connectivity index (χ1) is 8.97. The minimum Gasteiger partial charge on any atom is -0.465 e. The molecular weight excluding hydrogens is 268 g/mol. The quantitative estimate of drug-likeness (QED) is 0.487. The molecule has 0 aliphatic carbocycles. The normalized spacial score (nSPS) is 11.7. The number of esters is 1. The monoisotopic (exact) mass is 290 g/mol. The Labute approximate surface area is 119 Å². The summed E-state index contributed by atoms with van der Waals surface area (Å²) < 4.78 is 9.77. The molecule has 0 aromatic carbocycles.